The minimum absolute atomic E-state index is 0.0360. The van der Waals surface area contributed by atoms with Crippen LogP contribution in [0.25, 0.3) is 0 Å². The van der Waals surface area contributed by atoms with E-state index in [1.54, 1.807) is 0 Å². The van der Waals surface area contributed by atoms with Gasteiger partial charge in [0, 0.05) is 25.6 Å². The Bertz CT molecular complexity index is 596. The minimum Gasteiger partial charge on any atom is -0.481 e. The number of hydrogen-bond acceptors (Lipinski definition) is 2. The van der Waals surface area contributed by atoms with Gasteiger partial charge in [-0.15, -0.1) is 11.6 Å². The second-order valence-corrected chi connectivity index (χ2v) is 6.61. The van der Waals surface area contributed by atoms with Crippen LogP contribution in [0.2, 0.25) is 0 Å². The van der Waals surface area contributed by atoms with Crippen LogP contribution in [0.1, 0.15) is 12.0 Å². The van der Waals surface area contributed by atoms with E-state index in [2.05, 4.69) is 23.1 Å². The molecule has 4 heteroatoms. The third-order valence-corrected chi connectivity index (χ3v) is 4.79. The van der Waals surface area contributed by atoms with Crippen molar-refractivity contribution in [2.24, 2.45) is 11.8 Å². The summed E-state index contributed by atoms with van der Waals surface area (Å²) in [5.74, 6) is -0.990. The zero-order valence-electron chi connectivity index (χ0n) is 12.4. The number of allylic oxidation sites excluding steroid dienone is 3. The fraction of sp³-hybridized carbons (Fsp3) is 0.389. The molecule has 0 spiro atoms. The Hall–Kier alpha value is -1.58. The fourth-order valence-corrected chi connectivity index (χ4v) is 3.49. The van der Waals surface area contributed by atoms with Crippen molar-refractivity contribution in [3.63, 3.8) is 0 Å². The summed E-state index contributed by atoms with van der Waals surface area (Å²) in [6.45, 7) is 2.19. The molecule has 1 fully saturated rings. The summed E-state index contributed by atoms with van der Waals surface area (Å²) < 4.78 is 0. The molecule has 3 unspecified atom stereocenters. The number of halogens is 1. The monoisotopic (exact) mass is 317 g/mol. The van der Waals surface area contributed by atoms with Gasteiger partial charge in [0.15, 0.2) is 0 Å². The van der Waals surface area contributed by atoms with Crippen LogP contribution in [-0.2, 0) is 11.3 Å². The number of carboxylic acid groups (broad SMARTS) is 1. The molecule has 3 nitrogen and oxygen atoms in total. The summed E-state index contributed by atoms with van der Waals surface area (Å²) in [5.41, 5.74) is 2.35. The number of aliphatic carboxylic acids is 1. The van der Waals surface area contributed by atoms with Gasteiger partial charge in [-0.2, -0.15) is 0 Å². The van der Waals surface area contributed by atoms with E-state index in [0.29, 0.717) is 6.54 Å². The van der Waals surface area contributed by atoms with E-state index in [1.165, 1.54) is 5.56 Å². The van der Waals surface area contributed by atoms with Crippen molar-refractivity contribution in [3.8, 4) is 0 Å². The van der Waals surface area contributed by atoms with Gasteiger partial charge in [-0.3, -0.25) is 9.69 Å². The predicted octanol–water partition coefficient (Wildman–Crippen LogP) is 3.31. The van der Waals surface area contributed by atoms with Crippen molar-refractivity contribution in [2.75, 3.05) is 13.1 Å². The van der Waals surface area contributed by atoms with Crippen LogP contribution in [0.15, 0.2) is 54.1 Å². The normalized spacial score (nSPS) is 28.6. The molecule has 0 radical (unpaired) electrons. The number of carbonyl (C=O) groups is 1. The first kappa shape index (κ1) is 15.3. The minimum atomic E-state index is -0.706. The lowest BCUT2D eigenvalue weighted by molar-refractivity contribution is -0.142. The van der Waals surface area contributed by atoms with E-state index in [1.807, 2.05) is 30.4 Å². The molecule has 1 aliphatic carbocycles. The Morgan fingerprint density at radius 1 is 1.27 bits per heavy atom. The maximum atomic E-state index is 11.6. The van der Waals surface area contributed by atoms with Crippen LogP contribution in [0.5, 0.6) is 0 Å². The number of rotatable bonds is 4. The molecule has 1 aromatic carbocycles. The van der Waals surface area contributed by atoms with E-state index < -0.39 is 5.97 Å². The lowest BCUT2D eigenvalue weighted by atomic mass is 9.86. The first-order valence-corrected chi connectivity index (χ1v) is 8.08. The molecule has 116 valence electrons. The van der Waals surface area contributed by atoms with Crippen LogP contribution in [0.4, 0.5) is 0 Å². The van der Waals surface area contributed by atoms with Gasteiger partial charge in [0.25, 0.3) is 0 Å². The molecule has 1 saturated heterocycles. The average molecular weight is 318 g/mol. The Morgan fingerprint density at radius 2 is 2.05 bits per heavy atom. The summed E-state index contributed by atoms with van der Waals surface area (Å²) in [5, 5.41) is 9.58. The lowest BCUT2D eigenvalue weighted by Gasteiger charge is -2.20. The first-order chi connectivity index (χ1) is 10.6. The molecule has 1 N–H and O–H groups in total. The Morgan fingerprint density at radius 3 is 2.68 bits per heavy atom. The summed E-state index contributed by atoms with van der Waals surface area (Å²) in [6.07, 6.45) is 6.86. The summed E-state index contributed by atoms with van der Waals surface area (Å²) >= 11 is 6.07. The third-order valence-electron chi connectivity index (χ3n) is 4.47. The number of hydrogen-bond donors (Lipinski definition) is 1. The Balaban J connectivity index is 1.73. The highest BCUT2D eigenvalue weighted by Gasteiger charge is 2.39. The van der Waals surface area contributed by atoms with Crippen molar-refractivity contribution in [1.29, 1.82) is 0 Å². The van der Waals surface area contributed by atoms with Gasteiger partial charge in [0.2, 0.25) is 0 Å². The molecular weight excluding hydrogens is 298 g/mol. The zero-order valence-corrected chi connectivity index (χ0v) is 13.1. The van der Waals surface area contributed by atoms with E-state index in [4.69, 9.17) is 11.6 Å². The molecule has 0 aromatic heterocycles. The van der Waals surface area contributed by atoms with Gasteiger partial charge < -0.3 is 5.11 Å². The smallest absolute Gasteiger partial charge is 0.308 e. The number of benzene rings is 1. The molecule has 0 saturated carbocycles. The van der Waals surface area contributed by atoms with Crippen molar-refractivity contribution in [2.45, 2.75) is 18.3 Å². The van der Waals surface area contributed by atoms with Gasteiger partial charge in [0.05, 0.1) is 11.3 Å². The molecule has 0 amide bonds. The Kier molecular flexibility index (Phi) is 4.65. The molecule has 3 rings (SSSR count). The molecule has 3 atom stereocenters. The molecule has 22 heavy (non-hydrogen) atoms. The topological polar surface area (TPSA) is 40.5 Å². The van der Waals surface area contributed by atoms with Crippen molar-refractivity contribution >= 4 is 17.6 Å². The van der Waals surface area contributed by atoms with Gasteiger partial charge >= 0.3 is 5.97 Å². The quantitative estimate of drug-likeness (QED) is 0.866. The van der Waals surface area contributed by atoms with Gasteiger partial charge in [-0.1, -0.05) is 48.6 Å². The van der Waals surface area contributed by atoms with Gasteiger partial charge in [0.1, 0.15) is 0 Å². The largest absolute Gasteiger partial charge is 0.481 e. The predicted molar refractivity (Wildman–Crippen MR) is 87.8 cm³/mol. The molecular formula is C18H20ClNO2. The SMILES string of the molecule is O=C(O)C1CN(Cc2ccccc2)CC1C1=CCC(Cl)C=C1. The van der Waals surface area contributed by atoms with Crippen molar-refractivity contribution < 1.29 is 9.90 Å². The molecule has 2 aliphatic rings. The van der Waals surface area contributed by atoms with Crippen LogP contribution in [0, 0.1) is 11.8 Å². The van der Waals surface area contributed by atoms with Crippen LogP contribution in [-0.4, -0.2) is 34.4 Å². The van der Waals surface area contributed by atoms with E-state index in [0.717, 1.165) is 25.1 Å². The maximum Gasteiger partial charge on any atom is 0.308 e. The van der Waals surface area contributed by atoms with Crippen molar-refractivity contribution in [3.05, 3.63) is 59.7 Å². The van der Waals surface area contributed by atoms with E-state index in [-0.39, 0.29) is 17.2 Å². The van der Waals surface area contributed by atoms with Crippen LogP contribution < -0.4 is 0 Å². The highest BCUT2D eigenvalue weighted by Crippen LogP contribution is 2.33. The maximum absolute atomic E-state index is 11.6. The average Bonchev–Trinajstić information content (AvgIpc) is 2.93. The van der Waals surface area contributed by atoms with Gasteiger partial charge in [-0.25, -0.2) is 0 Å². The number of likely N-dealkylation sites (tertiary alicyclic amines) is 1. The zero-order chi connectivity index (χ0) is 15.5. The fourth-order valence-electron chi connectivity index (χ4n) is 3.33. The number of alkyl halides is 1. The molecule has 1 heterocycles. The third kappa shape index (κ3) is 3.42. The molecule has 0 bridgehead atoms. The van der Waals surface area contributed by atoms with Gasteiger partial charge in [-0.05, 0) is 17.6 Å². The molecule has 1 aromatic rings. The Labute approximate surface area is 135 Å². The van der Waals surface area contributed by atoms with E-state index in [9.17, 15) is 9.90 Å². The summed E-state index contributed by atoms with van der Waals surface area (Å²) in [4.78, 5) is 13.8. The second-order valence-electron chi connectivity index (χ2n) is 6.05. The van der Waals surface area contributed by atoms with E-state index >= 15 is 0 Å². The lowest BCUT2D eigenvalue weighted by Crippen LogP contribution is -2.24. The highest BCUT2D eigenvalue weighted by molar-refractivity contribution is 6.22. The summed E-state index contributed by atoms with van der Waals surface area (Å²) in [6, 6.07) is 10.2. The summed E-state index contributed by atoms with van der Waals surface area (Å²) in [7, 11) is 0. The highest BCUT2D eigenvalue weighted by atomic mass is 35.5. The first-order valence-electron chi connectivity index (χ1n) is 7.65. The number of nitrogens with zero attached hydrogens (tertiary/aromatic N) is 1. The second kappa shape index (κ2) is 6.67. The number of carboxylic acids is 1. The van der Waals surface area contributed by atoms with Crippen LogP contribution >= 0.6 is 11.6 Å². The van der Waals surface area contributed by atoms with Crippen LogP contribution in [0.3, 0.4) is 0 Å². The standard InChI is InChI=1S/C18H20ClNO2/c19-15-8-6-14(7-9-15)16-11-20(12-17(16)18(21)22)10-13-4-2-1-3-5-13/h1-8,15-17H,9-12H2,(H,21,22). The van der Waals surface area contributed by atoms with Crippen molar-refractivity contribution in [1.82, 2.24) is 4.90 Å². The molecule has 1 aliphatic heterocycles.